The van der Waals surface area contributed by atoms with Gasteiger partial charge in [-0.25, -0.2) is 0 Å². The van der Waals surface area contributed by atoms with Crippen LogP contribution in [0.15, 0.2) is 78.9 Å². The minimum atomic E-state index is -0.0981. The van der Waals surface area contributed by atoms with Crippen LogP contribution in [0.4, 0.5) is 17.1 Å². The third-order valence-corrected chi connectivity index (χ3v) is 4.04. The van der Waals surface area contributed by atoms with Crippen molar-refractivity contribution in [1.29, 1.82) is 0 Å². The quantitative estimate of drug-likeness (QED) is 0.620. The molecule has 2 N–H and O–H groups in total. The predicted molar refractivity (Wildman–Crippen MR) is 105 cm³/mol. The highest BCUT2D eigenvalue weighted by molar-refractivity contribution is 6.04. The van der Waals surface area contributed by atoms with Crippen LogP contribution in [0.5, 0.6) is 0 Å². The van der Waals surface area contributed by atoms with E-state index in [0.717, 1.165) is 17.1 Å². The molecule has 25 heavy (non-hydrogen) atoms. The van der Waals surface area contributed by atoms with Crippen LogP contribution in [0.3, 0.4) is 0 Å². The Labute approximate surface area is 148 Å². The molecule has 0 aromatic heterocycles. The predicted octanol–water partition coefficient (Wildman–Crippen LogP) is 5.81. The van der Waals surface area contributed by atoms with Crippen molar-refractivity contribution in [3.05, 3.63) is 90.0 Å². The fourth-order valence-corrected chi connectivity index (χ4v) is 2.55. The highest BCUT2D eigenvalue weighted by Gasteiger charge is 2.07. The summed E-state index contributed by atoms with van der Waals surface area (Å²) in [5.74, 6) is 0.362. The summed E-state index contributed by atoms with van der Waals surface area (Å²) in [5.41, 5.74) is 4.68. The van der Waals surface area contributed by atoms with E-state index in [9.17, 15) is 4.79 Å². The number of hydrogen-bond acceptors (Lipinski definition) is 2. The van der Waals surface area contributed by atoms with Gasteiger partial charge >= 0.3 is 0 Å². The number of carbonyl (C=O) groups is 1. The minimum Gasteiger partial charge on any atom is -0.356 e. The van der Waals surface area contributed by atoms with Gasteiger partial charge < -0.3 is 10.6 Å². The maximum Gasteiger partial charge on any atom is 0.255 e. The molecule has 0 spiro atoms. The molecule has 3 heteroatoms. The van der Waals surface area contributed by atoms with E-state index in [0.29, 0.717) is 11.5 Å². The molecule has 0 atom stereocenters. The maximum atomic E-state index is 12.3. The number of rotatable bonds is 5. The number of hydrogen-bond donors (Lipinski definition) is 2. The largest absolute Gasteiger partial charge is 0.356 e. The van der Waals surface area contributed by atoms with Crippen molar-refractivity contribution >= 4 is 23.0 Å². The van der Waals surface area contributed by atoms with Gasteiger partial charge in [0.15, 0.2) is 0 Å². The van der Waals surface area contributed by atoms with E-state index in [-0.39, 0.29) is 5.91 Å². The zero-order chi connectivity index (χ0) is 17.6. The molecule has 0 fully saturated rings. The Balaban J connectivity index is 1.63. The second kappa shape index (κ2) is 7.67. The molecule has 0 radical (unpaired) electrons. The van der Waals surface area contributed by atoms with E-state index in [4.69, 9.17) is 0 Å². The Morgan fingerprint density at radius 2 is 1.28 bits per heavy atom. The molecule has 0 saturated heterocycles. The van der Waals surface area contributed by atoms with Crippen LogP contribution in [-0.2, 0) is 0 Å². The molecule has 3 nitrogen and oxygen atoms in total. The first kappa shape index (κ1) is 16.8. The van der Waals surface area contributed by atoms with E-state index >= 15 is 0 Å². The Bertz CT molecular complexity index is 822. The molecule has 0 unspecified atom stereocenters. The fourth-order valence-electron chi connectivity index (χ4n) is 2.55. The lowest BCUT2D eigenvalue weighted by Gasteiger charge is -2.10. The highest BCUT2D eigenvalue weighted by atomic mass is 16.1. The number of carbonyl (C=O) groups excluding carboxylic acids is 1. The van der Waals surface area contributed by atoms with Crippen LogP contribution in [0.25, 0.3) is 0 Å². The molecule has 0 heterocycles. The van der Waals surface area contributed by atoms with Crippen LogP contribution in [0, 0.1) is 0 Å². The second-order valence-corrected chi connectivity index (χ2v) is 6.30. The van der Waals surface area contributed by atoms with Crippen LogP contribution in [-0.4, -0.2) is 5.91 Å². The van der Waals surface area contributed by atoms with Gasteiger partial charge in [0, 0.05) is 22.6 Å². The van der Waals surface area contributed by atoms with Gasteiger partial charge in [0.05, 0.1) is 0 Å². The summed E-state index contributed by atoms with van der Waals surface area (Å²) in [7, 11) is 0. The molecule has 126 valence electrons. The van der Waals surface area contributed by atoms with Crippen molar-refractivity contribution in [3.63, 3.8) is 0 Å². The van der Waals surface area contributed by atoms with Crippen molar-refractivity contribution in [2.75, 3.05) is 10.6 Å². The van der Waals surface area contributed by atoms with Gasteiger partial charge in [0.2, 0.25) is 0 Å². The van der Waals surface area contributed by atoms with Gasteiger partial charge in [0.1, 0.15) is 0 Å². The number of anilines is 3. The molecule has 3 aromatic carbocycles. The lowest BCUT2D eigenvalue weighted by atomic mass is 10.0. The smallest absolute Gasteiger partial charge is 0.255 e. The molecule has 0 aliphatic heterocycles. The Hall–Kier alpha value is -3.07. The molecule has 0 saturated carbocycles. The molecule has 0 aliphatic carbocycles. The minimum absolute atomic E-state index is 0.0981. The third-order valence-electron chi connectivity index (χ3n) is 4.04. The van der Waals surface area contributed by atoms with Gasteiger partial charge in [-0.15, -0.1) is 0 Å². The SMILES string of the molecule is CC(C)c1ccc(C(=O)Nc2ccc(Nc3ccccc3)cc2)cc1. The van der Waals surface area contributed by atoms with Crippen molar-refractivity contribution in [2.24, 2.45) is 0 Å². The lowest BCUT2D eigenvalue weighted by molar-refractivity contribution is 0.102. The third kappa shape index (κ3) is 4.48. The average molecular weight is 330 g/mol. The summed E-state index contributed by atoms with van der Waals surface area (Å²) in [6, 6.07) is 25.4. The molecule has 1 amide bonds. The average Bonchev–Trinajstić information content (AvgIpc) is 2.64. The van der Waals surface area contributed by atoms with E-state index in [1.807, 2.05) is 78.9 Å². The van der Waals surface area contributed by atoms with Gasteiger partial charge in [-0.2, -0.15) is 0 Å². The van der Waals surface area contributed by atoms with Gasteiger partial charge in [0.25, 0.3) is 5.91 Å². The highest BCUT2D eigenvalue weighted by Crippen LogP contribution is 2.20. The topological polar surface area (TPSA) is 41.1 Å². The fraction of sp³-hybridized carbons (Fsp3) is 0.136. The van der Waals surface area contributed by atoms with E-state index in [1.165, 1.54) is 5.56 Å². The Morgan fingerprint density at radius 3 is 1.88 bits per heavy atom. The first-order valence-corrected chi connectivity index (χ1v) is 8.45. The van der Waals surface area contributed by atoms with Gasteiger partial charge in [-0.1, -0.05) is 44.2 Å². The first-order valence-electron chi connectivity index (χ1n) is 8.45. The molecular weight excluding hydrogens is 308 g/mol. The zero-order valence-electron chi connectivity index (χ0n) is 14.5. The summed E-state index contributed by atoms with van der Waals surface area (Å²) in [5, 5.41) is 6.25. The van der Waals surface area contributed by atoms with Crippen LogP contribution < -0.4 is 10.6 Å². The molecular formula is C22H22N2O. The second-order valence-electron chi connectivity index (χ2n) is 6.30. The summed E-state index contributed by atoms with van der Waals surface area (Å²) in [6.45, 7) is 4.28. The molecule has 0 aliphatic rings. The maximum absolute atomic E-state index is 12.3. The van der Waals surface area contributed by atoms with Crippen LogP contribution in [0.1, 0.15) is 35.7 Å². The van der Waals surface area contributed by atoms with Crippen LogP contribution >= 0.6 is 0 Å². The summed E-state index contributed by atoms with van der Waals surface area (Å²) in [6.07, 6.45) is 0. The standard InChI is InChI=1S/C22H22N2O/c1-16(2)17-8-10-18(11-9-17)22(25)24-21-14-12-20(13-15-21)23-19-6-4-3-5-7-19/h3-16,23H,1-2H3,(H,24,25). The Morgan fingerprint density at radius 1 is 0.720 bits per heavy atom. The number of nitrogens with one attached hydrogen (secondary N) is 2. The summed E-state index contributed by atoms with van der Waals surface area (Å²) >= 11 is 0. The first-order chi connectivity index (χ1) is 12.1. The van der Waals surface area contributed by atoms with Crippen molar-refractivity contribution < 1.29 is 4.79 Å². The number of para-hydroxylation sites is 1. The van der Waals surface area contributed by atoms with E-state index in [1.54, 1.807) is 0 Å². The van der Waals surface area contributed by atoms with Crippen molar-refractivity contribution in [2.45, 2.75) is 19.8 Å². The lowest BCUT2D eigenvalue weighted by Crippen LogP contribution is -2.11. The summed E-state index contributed by atoms with van der Waals surface area (Å²) in [4.78, 5) is 12.3. The normalized spacial score (nSPS) is 10.5. The Kier molecular flexibility index (Phi) is 5.14. The summed E-state index contributed by atoms with van der Waals surface area (Å²) < 4.78 is 0. The zero-order valence-corrected chi connectivity index (χ0v) is 14.5. The molecule has 3 aromatic rings. The van der Waals surface area contributed by atoms with E-state index in [2.05, 4.69) is 24.5 Å². The van der Waals surface area contributed by atoms with Gasteiger partial charge in [-0.05, 0) is 60.0 Å². The van der Waals surface area contributed by atoms with E-state index < -0.39 is 0 Å². The number of benzene rings is 3. The molecule has 3 rings (SSSR count). The van der Waals surface area contributed by atoms with Crippen molar-refractivity contribution in [1.82, 2.24) is 0 Å². The molecule has 0 bridgehead atoms. The van der Waals surface area contributed by atoms with Gasteiger partial charge in [-0.3, -0.25) is 4.79 Å². The van der Waals surface area contributed by atoms with Crippen LogP contribution in [0.2, 0.25) is 0 Å². The number of amides is 1. The monoisotopic (exact) mass is 330 g/mol. The van der Waals surface area contributed by atoms with Crippen molar-refractivity contribution in [3.8, 4) is 0 Å².